The van der Waals surface area contributed by atoms with E-state index in [4.69, 9.17) is 32.4 Å². The molecular weight excluding hydrogens is 479 g/mol. The highest BCUT2D eigenvalue weighted by atomic mass is 35.5. The fourth-order valence-electron chi connectivity index (χ4n) is 3.26. The highest BCUT2D eigenvalue weighted by Crippen LogP contribution is 2.43. The molecule has 4 aromatic rings. The molecule has 0 unspecified atom stereocenters. The topological polar surface area (TPSA) is 59.7 Å². The normalized spacial score (nSPS) is 10.8. The maximum absolute atomic E-state index is 12.7. The second kappa shape index (κ2) is 10.8. The average Bonchev–Trinajstić information content (AvgIpc) is 2.83. The van der Waals surface area contributed by atoms with Gasteiger partial charge in [-0.3, -0.25) is 0 Å². The average molecular weight is 499 g/mol. The zero-order chi connectivity index (χ0) is 23.2. The van der Waals surface area contributed by atoms with Crippen LogP contribution in [0.3, 0.4) is 0 Å². The van der Waals surface area contributed by atoms with E-state index in [1.807, 2.05) is 60.7 Å². The van der Waals surface area contributed by atoms with Crippen LogP contribution in [0.1, 0.15) is 11.1 Å². The lowest BCUT2D eigenvalue weighted by molar-refractivity contribution is 0.216. The second-order valence-electron chi connectivity index (χ2n) is 7.22. The Bertz CT molecular complexity index is 1290. The van der Waals surface area contributed by atoms with Crippen LogP contribution in [-0.4, -0.2) is 10.9 Å². The number of ether oxygens (including phenoxy) is 1. The van der Waals surface area contributed by atoms with Crippen molar-refractivity contribution in [2.24, 2.45) is 0 Å². The van der Waals surface area contributed by atoms with Crippen molar-refractivity contribution in [3.63, 3.8) is 0 Å². The molecule has 0 atom stereocenters. The third kappa shape index (κ3) is 5.74. The molecule has 3 aromatic carbocycles. The molecule has 0 aliphatic heterocycles. The number of thioether (sulfide) groups is 1. The van der Waals surface area contributed by atoms with Crippen LogP contribution in [0.5, 0.6) is 11.7 Å². The molecule has 4 rings (SSSR count). The first kappa shape index (κ1) is 23.3. The molecule has 1 aromatic heterocycles. The Kier molecular flexibility index (Phi) is 7.65. The van der Waals surface area contributed by atoms with E-state index in [9.17, 15) is 9.90 Å². The van der Waals surface area contributed by atoms with E-state index < -0.39 is 5.63 Å². The quantitative estimate of drug-likeness (QED) is 0.259. The van der Waals surface area contributed by atoms with E-state index in [-0.39, 0.29) is 28.8 Å². The molecule has 0 saturated heterocycles. The van der Waals surface area contributed by atoms with Crippen molar-refractivity contribution >= 4 is 35.0 Å². The van der Waals surface area contributed by atoms with Gasteiger partial charge in [0.05, 0.1) is 10.0 Å². The van der Waals surface area contributed by atoms with Crippen LogP contribution < -0.4 is 10.4 Å². The largest absolute Gasteiger partial charge is 0.506 e. The van der Waals surface area contributed by atoms with Crippen LogP contribution in [-0.2, 0) is 13.0 Å². The minimum Gasteiger partial charge on any atom is -0.506 e. The van der Waals surface area contributed by atoms with Crippen molar-refractivity contribution in [2.75, 3.05) is 5.75 Å². The van der Waals surface area contributed by atoms with Crippen molar-refractivity contribution in [1.82, 2.24) is 0 Å². The molecule has 1 heterocycles. The Morgan fingerprint density at radius 1 is 0.879 bits per heavy atom. The summed E-state index contributed by atoms with van der Waals surface area (Å²) in [6, 6.07) is 24.3. The SMILES string of the molecule is O=c1oc(OCc2ccccc2)c(-c2ccc(Cl)c(Cl)c2)c(O)c1SCCc1ccccc1. The van der Waals surface area contributed by atoms with Gasteiger partial charge in [-0.25, -0.2) is 4.79 Å². The first-order valence-electron chi connectivity index (χ1n) is 10.2. The summed E-state index contributed by atoms with van der Waals surface area (Å²) in [6.45, 7) is 0.165. The fourth-order valence-corrected chi connectivity index (χ4v) is 4.50. The van der Waals surface area contributed by atoms with Gasteiger partial charge >= 0.3 is 5.63 Å². The third-order valence-electron chi connectivity index (χ3n) is 4.93. The van der Waals surface area contributed by atoms with E-state index in [0.29, 0.717) is 21.4 Å². The molecule has 0 saturated carbocycles. The van der Waals surface area contributed by atoms with Gasteiger partial charge in [-0.2, -0.15) is 0 Å². The molecule has 0 spiro atoms. The van der Waals surface area contributed by atoms with Crippen molar-refractivity contribution in [1.29, 1.82) is 0 Å². The summed E-state index contributed by atoms with van der Waals surface area (Å²) in [5.41, 5.74) is 2.16. The summed E-state index contributed by atoms with van der Waals surface area (Å²) in [5.74, 6) is 0.311. The van der Waals surface area contributed by atoms with Crippen LogP contribution in [0.4, 0.5) is 0 Å². The molecule has 0 aliphatic carbocycles. The molecule has 0 amide bonds. The lowest BCUT2D eigenvalue weighted by Crippen LogP contribution is -2.08. The van der Waals surface area contributed by atoms with Crippen LogP contribution in [0.15, 0.2) is 93.0 Å². The summed E-state index contributed by atoms with van der Waals surface area (Å²) in [6.07, 6.45) is 0.735. The van der Waals surface area contributed by atoms with E-state index in [1.54, 1.807) is 18.2 Å². The molecule has 7 heteroatoms. The Labute approximate surface area is 205 Å². The molecule has 0 bridgehead atoms. The Hall–Kier alpha value is -2.86. The lowest BCUT2D eigenvalue weighted by Gasteiger charge is -2.14. The first-order valence-corrected chi connectivity index (χ1v) is 12.0. The minimum absolute atomic E-state index is 0.0767. The molecule has 1 N–H and O–H groups in total. The first-order chi connectivity index (χ1) is 16.0. The van der Waals surface area contributed by atoms with Crippen LogP contribution in [0.2, 0.25) is 10.0 Å². The fraction of sp³-hybridized carbons (Fsp3) is 0.115. The molecular formula is C26H20Cl2O4S. The summed E-state index contributed by atoms with van der Waals surface area (Å²) in [4.78, 5) is 12.9. The van der Waals surface area contributed by atoms with Crippen molar-refractivity contribution in [3.8, 4) is 22.8 Å². The van der Waals surface area contributed by atoms with Crippen molar-refractivity contribution in [2.45, 2.75) is 17.9 Å². The summed E-state index contributed by atoms with van der Waals surface area (Å²) in [7, 11) is 0. The molecule has 4 nitrogen and oxygen atoms in total. The minimum atomic E-state index is -0.655. The van der Waals surface area contributed by atoms with Crippen LogP contribution in [0, 0.1) is 0 Å². The highest BCUT2D eigenvalue weighted by Gasteiger charge is 2.23. The summed E-state index contributed by atoms with van der Waals surface area (Å²) >= 11 is 13.5. The number of aryl methyl sites for hydroxylation is 1. The van der Waals surface area contributed by atoms with Crippen molar-refractivity contribution < 1.29 is 14.3 Å². The number of hydrogen-bond donors (Lipinski definition) is 1. The number of halogens is 2. The van der Waals surface area contributed by atoms with Gasteiger partial charge < -0.3 is 14.3 Å². The van der Waals surface area contributed by atoms with Crippen LogP contribution >= 0.6 is 35.0 Å². The van der Waals surface area contributed by atoms with Gasteiger partial charge in [0.25, 0.3) is 5.95 Å². The van der Waals surface area contributed by atoms with E-state index in [2.05, 4.69) is 0 Å². The molecule has 0 radical (unpaired) electrons. The Morgan fingerprint density at radius 2 is 1.55 bits per heavy atom. The zero-order valence-electron chi connectivity index (χ0n) is 17.5. The standard InChI is InChI=1S/C26H20Cl2O4S/c27-20-12-11-19(15-21(20)28)22-23(29)24(33-14-13-17-7-3-1-4-8-17)25(30)32-26(22)31-16-18-9-5-2-6-10-18/h1-12,15,29H,13-14,16H2. The maximum atomic E-state index is 12.7. The van der Waals surface area contributed by atoms with Gasteiger partial charge in [0.15, 0.2) is 5.75 Å². The Balaban J connectivity index is 1.68. The van der Waals surface area contributed by atoms with E-state index in [1.165, 1.54) is 11.8 Å². The van der Waals surface area contributed by atoms with Gasteiger partial charge in [-0.05, 0) is 35.2 Å². The predicted molar refractivity (Wildman–Crippen MR) is 134 cm³/mol. The predicted octanol–water partition coefficient (Wildman–Crippen LogP) is 7.23. The Morgan fingerprint density at radius 3 is 2.21 bits per heavy atom. The highest BCUT2D eigenvalue weighted by molar-refractivity contribution is 7.99. The lowest BCUT2D eigenvalue weighted by atomic mass is 10.1. The van der Waals surface area contributed by atoms with Crippen LogP contribution in [0.25, 0.3) is 11.1 Å². The number of benzene rings is 3. The van der Waals surface area contributed by atoms with Crippen molar-refractivity contribution in [3.05, 3.63) is 110 Å². The van der Waals surface area contributed by atoms with Gasteiger partial charge in [-0.1, -0.05) is 89.9 Å². The molecule has 33 heavy (non-hydrogen) atoms. The third-order valence-corrected chi connectivity index (χ3v) is 6.72. The number of hydrogen-bond acceptors (Lipinski definition) is 5. The van der Waals surface area contributed by atoms with E-state index >= 15 is 0 Å². The van der Waals surface area contributed by atoms with Gasteiger partial charge in [0, 0.05) is 5.75 Å². The maximum Gasteiger partial charge on any atom is 0.356 e. The van der Waals surface area contributed by atoms with Gasteiger partial charge in [-0.15, -0.1) is 11.8 Å². The molecule has 0 fully saturated rings. The zero-order valence-corrected chi connectivity index (χ0v) is 19.8. The van der Waals surface area contributed by atoms with E-state index in [0.717, 1.165) is 17.5 Å². The molecule has 0 aliphatic rings. The number of rotatable bonds is 8. The molecule has 168 valence electrons. The van der Waals surface area contributed by atoms with Gasteiger partial charge in [0.1, 0.15) is 17.1 Å². The second-order valence-corrected chi connectivity index (χ2v) is 9.14. The number of aromatic hydroxyl groups is 1. The smallest absolute Gasteiger partial charge is 0.356 e. The summed E-state index contributed by atoms with van der Waals surface area (Å²) < 4.78 is 11.4. The van der Waals surface area contributed by atoms with Gasteiger partial charge in [0.2, 0.25) is 0 Å². The monoisotopic (exact) mass is 498 g/mol. The summed E-state index contributed by atoms with van der Waals surface area (Å²) in [5, 5.41) is 11.8.